The van der Waals surface area contributed by atoms with Crippen molar-refractivity contribution >= 4 is 38.8 Å². The number of carbonyl (C=O) groups is 1. The lowest BCUT2D eigenvalue weighted by Gasteiger charge is -2.31. The van der Waals surface area contributed by atoms with Crippen LogP contribution in [0.4, 0.5) is 17.3 Å². The van der Waals surface area contributed by atoms with Crippen LogP contribution in [0.3, 0.4) is 0 Å². The molecule has 1 saturated heterocycles. The van der Waals surface area contributed by atoms with Crippen LogP contribution in [0.25, 0.3) is 16.8 Å². The zero-order valence-corrected chi connectivity index (χ0v) is 21.3. The van der Waals surface area contributed by atoms with E-state index in [9.17, 15) is 13.2 Å². The molecule has 0 atom stereocenters. The minimum absolute atomic E-state index is 0.279. The Morgan fingerprint density at radius 1 is 1.05 bits per heavy atom. The molecule has 3 heterocycles. The first-order valence-electron chi connectivity index (χ1n) is 12.0. The number of benzene rings is 2. The van der Waals surface area contributed by atoms with Crippen LogP contribution in [-0.4, -0.2) is 59.7 Å². The number of rotatable bonds is 8. The lowest BCUT2D eigenvalue weighted by atomic mass is 9.89. The molecular weight excluding hydrogens is 490 g/mol. The monoisotopic (exact) mass is 519 g/mol. The molecule has 0 unspecified atom stereocenters. The summed E-state index contributed by atoms with van der Waals surface area (Å²) in [5, 5.41) is 7.94. The van der Waals surface area contributed by atoms with E-state index in [2.05, 4.69) is 37.2 Å². The Morgan fingerprint density at radius 2 is 1.81 bits per heavy atom. The highest BCUT2D eigenvalue weighted by molar-refractivity contribution is 7.92. The second kappa shape index (κ2) is 10.2. The van der Waals surface area contributed by atoms with Gasteiger partial charge in [0.15, 0.2) is 0 Å². The minimum Gasteiger partial charge on any atom is -0.369 e. The molecule has 0 aliphatic carbocycles. The third kappa shape index (κ3) is 6.07. The maximum Gasteiger partial charge on any atom is 0.245 e. The number of nitrogens with zero attached hydrogens (tertiary/aromatic N) is 4. The predicted molar refractivity (Wildman–Crippen MR) is 144 cm³/mol. The second-order valence-corrected chi connectivity index (χ2v) is 11.1. The van der Waals surface area contributed by atoms with Crippen LogP contribution in [0, 0.1) is 0 Å². The maximum atomic E-state index is 11.6. The van der Waals surface area contributed by atoms with Gasteiger partial charge in [0.2, 0.25) is 21.9 Å². The molecule has 37 heavy (non-hydrogen) atoms. The fourth-order valence-corrected chi connectivity index (χ4v) is 5.30. The molecule has 1 aliphatic heterocycles. The van der Waals surface area contributed by atoms with E-state index in [4.69, 9.17) is 5.73 Å². The molecule has 11 heteroatoms. The Hall–Kier alpha value is -3.96. The number of nitrogens with one attached hydrogen (secondary N) is 2. The molecule has 2 aromatic carbocycles. The quantitative estimate of drug-likeness (QED) is 0.325. The molecule has 4 aromatic rings. The lowest BCUT2D eigenvalue weighted by Crippen LogP contribution is -2.39. The van der Waals surface area contributed by atoms with Crippen LogP contribution < -0.4 is 15.8 Å². The Balaban J connectivity index is 1.30. The van der Waals surface area contributed by atoms with Gasteiger partial charge in [-0.1, -0.05) is 24.3 Å². The first kappa shape index (κ1) is 24.7. The highest BCUT2D eigenvalue weighted by atomic mass is 32.2. The summed E-state index contributed by atoms with van der Waals surface area (Å²) in [6, 6.07) is 19.3. The number of amides is 1. The van der Waals surface area contributed by atoms with Gasteiger partial charge in [-0.25, -0.2) is 17.9 Å². The van der Waals surface area contributed by atoms with Gasteiger partial charge in [0.1, 0.15) is 0 Å². The second-order valence-electron chi connectivity index (χ2n) is 9.36. The third-order valence-electron chi connectivity index (χ3n) is 6.47. The van der Waals surface area contributed by atoms with E-state index in [1.165, 1.54) is 5.56 Å². The summed E-state index contributed by atoms with van der Waals surface area (Å²) in [6.07, 6.45) is 4.86. The van der Waals surface area contributed by atoms with Gasteiger partial charge < -0.3 is 11.1 Å². The van der Waals surface area contributed by atoms with Crippen LogP contribution in [-0.2, 0) is 14.8 Å². The summed E-state index contributed by atoms with van der Waals surface area (Å²) in [7, 11) is -3.38. The molecule has 1 fully saturated rings. The van der Waals surface area contributed by atoms with Gasteiger partial charge in [0.05, 0.1) is 30.2 Å². The van der Waals surface area contributed by atoms with Crippen molar-refractivity contribution in [3.8, 4) is 11.3 Å². The number of likely N-dealkylation sites (tertiary alicyclic amines) is 1. The van der Waals surface area contributed by atoms with Crippen molar-refractivity contribution in [2.24, 2.45) is 5.73 Å². The number of sulfonamides is 1. The van der Waals surface area contributed by atoms with Crippen LogP contribution in [0.2, 0.25) is 0 Å². The molecule has 0 spiro atoms. The smallest absolute Gasteiger partial charge is 0.245 e. The zero-order chi connectivity index (χ0) is 26.0. The maximum absolute atomic E-state index is 11.6. The number of fused-ring (bicyclic) bond motifs is 1. The number of primary amides is 1. The third-order valence-corrected chi connectivity index (χ3v) is 7.07. The van der Waals surface area contributed by atoms with Crippen molar-refractivity contribution in [3.63, 3.8) is 0 Å². The first-order valence-corrected chi connectivity index (χ1v) is 13.9. The summed E-state index contributed by atoms with van der Waals surface area (Å²) in [6.45, 7) is 2.06. The van der Waals surface area contributed by atoms with Crippen LogP contribution >= 0.6 is 0 Å². The number of piperidine rings is 1. The van der Waals surface area contributed by atoms with Gasteiger partial charge in [-0.05, 0) is 73.8 Å². The normalized spacial score (nSPS) is 15.1. The Morgan fingerprint density at radius 3 is 2.51 bits per heavy atom. The zero-order valence-electron chi connectivity index (χ0n) is 20.5. The van der Waals surface area contributed by atoms with E-state index in [1.807, 2.05) is 30.3 Å². The average Bonchev–Trinajstić information content (AvgIpc) is 3.27. The van der Waals surface area contributed by atoms with E-state index in [1.54, 1.807) is 28.9 Å². The molecule has 192 valence electrons. The van der Waals surface area contributed by atoms with Gasteiger partial charge in [-0.2, -0.15) is 0 Å². The first-order chi connectivity index (χ1) is 17.7. The SMILES string of the molecule is CS(=O)(=O)Nc1cccc(-c2ccc3cnc(Nc4ccc(C5CCN(CC(N)=O)CC5)cc4)nn23)c1. The van der Waals surface area contributed by atoms with Gasteiger partial charge in [-0.15, -0.1) is 5.10 Å². The number of carbonyl (C=O) groups excluding carboxylic acids is 1. The molecule has 5 rings (SSSR count). The van der Waals surface area contributed by atoms with Crippen molar-refractivity contribution in [2.75, 3.05) is 35.9 Å². The van der Waals surface area contributed by atoms with Gasteiger partial charge in [0, 0.05) is 16.9 Å². The van der Waals surface area contributed by atoms with Gasteiger partial charge >= 0.3 is 0 Å². The topological polar surface area (TPSA) is 135 Å². The summed E-state index contributed by atoms with van der Waals surface area (Å²) in [4.78, 5) is 17.7. The summed E-state index contributed by atoms with van der Waals surface area (Å²) >= 11 is 0. The van der Waals surface area contributed by atoms with Gasteiger partial charge in [0.25, 0.3) is 0 Å². The number of anilines is 3. The molecule has 2 aromatic heterocycles. The van der Waals surface area contributed by atoms with Crippen LogP contribution in [0.15, 0.2) is 66.9 Å². The molecule has 0 saturated carbocycles. The number of hydrogen-bond acceptors (Lipinski definition) is 7. The number of hydrogen-bond donors (Lipinski definition) is 3. The summed E-state index contributed by atoms with van der Waals surface area (Å²) in [5.74, 6) is 0.628. The molecule has 1 amide bonds. The highest BCUT2D eigenvalue weighted by Gasteiger charge is 2.21. The molecule has 4 N–H and O–H groups in total. The predicted octanol–water partition coefficient (Wildman–Crippen LogP) is 3.18. The Bertz CT molecular complexity index is 1530. The van der Waals surface area contributed by atoms with Crippen LogP contribution in [0.1, 0.15) is 24.3 Å². The van der Waals surface area contributed by atoms with E-state index >= 15 is 0 Å². The number of aromatic nitrogens is 3. The number of nitrogens with two attached hydrogens (primary N) is 1. The summed E-state index contributed by atoms with van der Waals surface area (Å²) in [5.41, 5.74) is 10.4. The fourth-order valence-electron chi connectivity index (χ4n) is 4.75. The van der Waals surface area contributed by atoms with Gasteiger partial charge in [-0.3, -0.25) is 14.4 Å². The summed E-state index contributed by atoms with van der Waals surface area (Å²) < 4.78 is 27.5. The highest BCUT2D eigenvalue weighted by Crippen LogP contribution is 2.29. The average molecular weight is 520 g/mol. The van der Waals surface area contributed by atoms with Crippen molar-refractivity contribution in [1.29, 1.82) is 0 Å². The Kier molecular flexibility index (Phi) is 6.81. The van der Waals surface area contributed by atoms with Crippen molar-refractivity contribution in [2.45, 2.75) is 18.8 Å². The largest absolute Gasteiger partial charge is 0.369 e. The Labute approximate surface area is 215 Å². The van der Waals surface area contributed by atoms with Crippen molar-refractivity contribution in [1.82, 2.24) is 19.5 Å². The van der Waals surface area contributed by atoms with E-state index in [0.717, 1.165) is 54.6 Å². The molecule has 1 aliphatic rings. The fraction of sp³-hybridized carbons (Fsp3) is 0.269. The molecule has 0 bridgehead atoms. The van der Waals surface area contributed by atoms with Crippen LogP contribution in [0.5, 0.6) is 0 Å². The minimum atomic E-state index is -3.38. The molecule has 10 nitrogen and oxygen atoms in total. The molecular formula is C26H29N7O3S. The molecule has 0 radical (unpaired) electrons. The van der Waals surface area contributed by atoms with E-state index in [0.29, 0.717) is 24.1 Å². The van der Waals surface area contributed by atoms with Crippen molar-refractivity contribution < 1.29 is 13.2 Å². The van der Waals surface area contributed by atoms with E-state index in [-0.39, 0.29) is 5.91 Å². The standard InChI is InChI=1S/C26H29N7O3S/c1-37(35,36)31-22-4-2-3-20(15-22)24-10-9-23-16-28-26(30-33(23)24)29-21-7-5-18(6-8-21)19-11-13-32(14-12-19)17-25(27)34/h2-10,15-16,19,31H,11-14,17H2,1H3,(H2,27,34)(H,29,30). The lowest BCUT2D eigenvalue weighted by molar-refractivity contribution is -0.119. The van der Waals surface area contributed by atoms with Crippen molar-refractivity contribution in [3.05, 3.63) is 72.4 Å². The van der Waals surface area contributed by atoms with E-state index < -0.39 is 10.0 Å².